The van der Waals surface area contributed by atoms with Crippen molar-refractivity contribution >= 4 is 49.3 Å². The average molecular weight is 508 g/mol. The standard InChI is InChI=1S/C26H22FN3O3S2/c27-18-9-11-19(12-10-18)35(32,33)25-16-30(23-8-4-2-6-21(23)25)17-26(31)28-13-14-34-24-15-29-22-7-3-1-5-20(22)24/h1-12,15-16,29H,13-14,17H2,(H,28,31). The Hall–Kier alpha value is -3.56. The van der Waals surface area contributed by atoms with Gasteiger partial charge in [-0.05, 0) is 36.4 Å². The molecule has 0 fully saturated rings. The second kappa shape index (κ2) is 9.59. The Labute approximate surface area is 206 Å². The minimum atomic E-state index is -3.89. The summed E-state index contributed by atoms with van der Waals surface area (Å²) in [6.07, 6.45) is 3.44. The van der Waals surface area contributed by atoms with Gasteiger partial charge in [-0.25, -0.2) is 12.8 Å². The summed E-state index contributed by atoms with van der Waals surface area (Å²) >= 11 is 1.65. The van der Waals surface area contributed by atoms with Gasteiger partial charge in [0.05, 0.1) is 9.79 Å². The highest BCUT2D eigenvalue weighted by Gasteiger charge is 2.24. The van der Waals surface area contributed by atoms with Gasteiger partial charge in [0.15, 0.2) is 0 Å². The van der Waals surface area contributed by atoms with Crippen LogP contribution in [-0.4, -0.2) is 36.2 Å². The van der Waals surface area contributed by atoms with Crippen molar-refractivity contribution in [1.82, 2.24) is 14.9 Å². The van der Waals surface area contributed by atoms with Crippen LogP contribution in [0.2, 0.25) is 0 Å². The lowest BCUT2D eigenvalue weighted by Crippen LogP contribution is -2.29. The van der Waals surface area contributed by atoms with Crippen LogP contribution in [0.15, 0.2) is 99.9 Å². The molecule has 0 aliphatic rings. The molecular weight excluding hydrogens is 485 g/mol. The van der Waals surface area contributed by atoms with Gasteiger partial charge >= 0.3 is 0 Å². The molecule has 35 heavy (non-hydrogen) atoms. The molecule has 0 bridgehead atoms. The molecular formula is C26H22FN3O3S2. The summed E-state index contributed by atoms with van der Waals surface area (Å²) in [6.45, 7) is 0.458. The molecule has 5 aromatic rings. The highest BCUT2D eigenvalue weighted by Crippen LogP contribution is 2.30. The number of nitrogens with zero attached hydrogens (tertiary/aromatic N) is 1. The van der Waals surface area contributed by atoms with Crippen LogP contribution in [0.4, 0.5) is 4.39 Å². The Kier molecular flexibility index (Phi) is 6.36. The van der Waals surface area contributed by atoms with Gasteiger partial charge in [-0.3, -0.25) is 4.79 Å². The molecule has 0 aliphatic heterocycles. The summed E-state index contributed by atoms with van der Waals surface area (Å²) in [7, 11) is -3.89. The number of nitrogens with one attached hydrogen (secondary N) is 2. The van der Waals surface area contributed by atoms with Gasteiger partial charge in [-0.2, -0.15) is 0 Å². The van der Waals surface area contributed by atoms with Gasteiger partial charge in [-0.1, -0.05) is 36.4 Å². The smallest absolute Gasteiger partial charge is 0.239 e. The number of sulfone groups is 1. The number of para-hydroxylation sites is 2. The Morgan fingerprint density at radius 3 is 2.49 bits per heavy atom. The summed E-state index contributed by atoms with van der Waals surface area (Å²) in [5.41, 5.74) is 1.71. The molecule has 2 N–H and O–H groups in total. The number of hydrogen-bond acceptors (Lipinski definition) is 4. The second-order valence-corrected chi connectivity index (χ2v) is 11.0. The third-order valence-electron chi connectivity index (χ3n) is 5.71. The minimum absolute atomic E-state index is 0.000519. The number of fused-ring (bicyclic) bond motifs is 2. The minimum Gasteiger partial charge on any atom is -0.360 e. The molecule has 2 heterocycles. The van der Waals surface area contributed by atoms with Crippen molar-refractivity contribution < 1.29 is 17.6 Å². The van der Waals surface area contributed by atoms with Crippen LogP contribution in [0, 0.1) is 5.82 Å². The van der Waals surface area contributed by atoms with Crippen LogP contribution in [0.1, 0.15) is 0 Å². The molecule has 0 radical (unpaired) electrons. The predicted molar refractivity (Wildman–Crippen MR) is 136 cm³/mol. The van der Waals surface area contributed by atoms with Crippen molar-refractivity contribution in [3.05, 3.63) is 91.0 Å². The van der Waals surface area contributed by atoms with E-state index in [4.69, 9.17) is 0 Å². The molecule has 0 spiro atoms. The summed E-state index contributed by atoms with van der Waals surface area (Å²) in [6, 6.07) is 19.8. The topological polar surface area (TPSA) is 84.0 Å². The molecule has 0 saturated carbocycles. The number of rotatable bonds is 8. The zero-order valence-corrected chi connectivity index (χ0v) is 20.2. The van der Waals surface area contributed by atoms with Crippen molar-refractivity contribution in [3.63, 3.8) is 0 Å². The fourth-order valence-corrected chi connectivity index (χ4v) is 6.40. The number of halogens is 1. The van der Waals surface area contributed by atoms with Crippen molar-refractivity contribution in [2.75, 3.05) is 12.3 Å². The van der Waals surface area contributed by atoms with Gasteiger partial charge in [0.1, 0.15) is 12.4 Å². The third-order valence-corrected chi connectivity index (χ3v) is 8.57. The number of amides is 1. The first kappa shape index (κ1) is 23.2. The highest BCUT2D eigenvalue weighted by molar-refractivity contribution is 7.99. The van der Waals surface area contributed by atoms with Crippen LogP contribution in [-0.2, 0) is 21.2 Å². The van der Waals surface area contributed by atoms with E-state index in [9.17, 15) is 17.6 Å². The fraction of sp³-hybridized carbons (Fsp3) is 0.115. The Balaban J connectivity index is 1.28. The van der Waals surface area contributed by atoms with E-state index in [0.29, 0.717) is 23.2 Å². The van der Waals surface area contributed by atoms with E-state index in [1.807, 2.05) is 24.4 Å². The fourth-order valence-electron chi connectivity index (χ4n) is 4.03. The molecule has 2 aromatic heterocycles. The van der Waals surface area contributed by atoms with E-state index in [2.05, 4.69) is 16.4 Å². The van der Waals surface area contributed by atoms with Crippen LogP contribution in [0.5, 0.6) is 0 Å². The number of carbonyl (C=O) groups excluding carboxylic acids is 1. The maximum absolute atomic E-state index is 13.3. The number of carbonyl (C=O) groups is 1. The van der Waals surface area contributed by atoms with E-state index in [1.165, 1.54) is 18.3 Å². The number of aromatic amines is 1. The molecule has 5 rings (SSSR count). The first-order valence-electron chi connectivity index (χ1n) is 11.0. The highest BCUT2D eigenvalue weighted by atomic mass is 32.2. The molecule has 178 valence electrons. The average Bonchev–Trinajstić information content (AvgIpc) is 3.44. The third kappa shape index (κ3) is 4.69. The summed E-state index contributed by atoms with van der Waals surface area (Å²) < 4.78 is 41.4. The van der Waals surface area contributed by atoms with Crippen molar-refractivity contribution in [1.29, 1.82) is 0 Å². The Morgan fingerprint density at radius 2 is 1.69 bits per heavy atom. The van der Waals surface area contributed by atoms with Gasteiger partial charge in [-0.15, -0.1) is 11.8 Å². The van der Waals surface area contributed by atoms with E-state index in [-0.39, 0.29) is 22.2 Å². The number of hydrogen-bond donors (Lipinski definition) is 2. The molecule has 0 saturated heterocycles. The van der Waals surface area contributed by atoms with Gasteiger partial charge in [0, 0.05) is 51.4 Å². The normalized spacial score (nSPS) is 11.8. The number of benzene rings is 3. The number of H-pyrrole nitrogens is 1. The lowest BCUT2D eigenvalue weighted by Gasteiger charge is -2.07. The van der Waals surface area contributed by atoms with E-state index >= 15 is 0 Å². The predicted octanol–water partition coefficient (Wildman–Crippen LogP) is 5.00. The largest absolute Gasteiger partial charge is 0.360 e. The van der Waals surface area contributed by atoms with Crippen LogP contribution in [0.25, 0.3) is 21.8 Å². The number of aromatic nitrogens is 2. The Bertz CT molecular complexity index is 1620. The quantitative estimate of drug-likeness (QED) is 0.176. The monoisotopic (exact) mass is 507 g/mol. The van der Waals surface area contributed by atoms with E-state index in [1.54, 1.807) is 40.6 Å². The van der Waals surface area contributed by atoms with Crippen LogP contribution >= 0.6 is 11.8 Å². The number of thioether (sulfide) groups is 1. The lowest BCUT2D eigenvalue weighted by atomic mass is 10.2. The molecule has 0 aliphatic carbocycles. The lowest BCUT2D eigenvalue weighted by molar-refractivity contribution is -0.121. The molecule has 3 aromatic carbocycles. The van der Waals surface area contributed by atoms with E-state index < -0.39 is 15.7 Å². The van der Waals surface area contributed by atoms with Gasteiger partial charge < -0.3 is 14.9 Å². The molecule has 9 heteroatoms. The summed E-state index contributed by atoms with van der Waals surface area (Å²) in [4.78, 5) is 17.1. The molecule has 6 nitrogen and oxygen atoms in total. The maximum atomic E-state index is 13.3. The summed E-state index contributed by atoms with van der Waals surface area (Å²) in [5.74, 6) is -0.0218. The van der Waals surface area contributed by atoms with Crippen molar-refractivity contribution in [2.45, 2.75) is 21.2 Å². The zero-order valence-electron chi connectivity index (χ0n) is 18.6. The first-order valence-corrected chi connectivity index (χ1v) is 13.4. The molecule has 1 amide bonds. The second-order valence-electron chi connectivity index (χ2n) is 7.99. The van der Waals surface area contributed by atoms with Gasteiger partial charge in [0.25, 0.3) is 0 Å². The van der Waals surface area contributed by atoms with E-state index in [0.717, 1.165) is 27.9 Å². The maximum Gasteiger partial charge on any atom is 0.239 e. The van der Waals surface area contributed by atoms with Crippen LogP contribution < -0.4 is 5.32 Å². The SMILES string of the molecule is O=C(Cn1cc(S(=O)(=O)c2ccc(F)cc2)c2ccccc21)NCCSc1c[nH]c2ccccc12. The summed E-state index contributed by atoms with van der Waals surface area (Å²) in [5, 5.41) is 4.57. The molecule has 0 unspecified atom stereocenters. The van der Waals surface area contributed by atoms with Crippen LogP contribution in [0.3, 0.4) is 0 Å². The molecule has 0 atom stereocenters. The van der Waals surface area contributed by atoms with Crippen molar-refractivity contribution in [2.24, 2.45) is 0 Å². The van der Waals surface area contributed by atoms with Gasteiger partial charge in [0.2, 0.25) is 15.7 Å². The Morgan fingerprint density at radius 1 is 0.971 bits per heavy atom. The zero-order chi connectivity index (χ0) is 24.4. The first-order chi connectivity index (χ1) is 16.9. The van der Waals surface area contributed by atoms with Crippen molar-refractivity contribution in [3.8, 4) is 0 Å².